The van der Waals surface area contributed by atoms with Gasteiger partial charge in [0.1, 0.15) is 5.82 Å². The topological polar surface area (TPSA) is 58.4 Å². The van der Waals surface area contributed by atoms with Gasteiger partial charge in [0.15, 0.2) is 0 Å². The summed E-state index contributed by atoms with van der Waals surface area (Å²) in [6.07, 6.45) is 6.80. The smallest absolute Gasteiger partial charge is 0.232 e. The third kappa shape index (κ3) is 2.58. The van der Waals surface area contributed by atoms with Crippen molar-refractivity contribution >= 4 is 17.7 Å². The molecular formula is C20H25N3O2S. The second-order valence-corrected chi connectivity index (χ2v) is 8.19. The summed E-state index contributed by atoms with van der Waals surface area (Å²) < 4.78 is 2.09. The Bertz CT molecular complexity index is 811. The summed E-state index contributed by atoms with van der Waals surface area (Å²) in [5.74, 6) is 1.65. The maximum absolute atomic E-state index is 12.3. The van der Waals surface area contributed by atoms with Crippen LogP contribution >= 0.6 is 11.8 Å². The molecule has 138 valence electrons. The van der Waals surface area contributed by atoms with E-state index in [9.17, 15) is 9.90 Å². The number of amides is 1. The molecule has 6 heteroatoms. The summed E-state index contributed by atoms with van der Waals surface area (Å²) in [5, 5.41) is 11.5. The molecule has 1 fully saturated rings. The minimum atomic E-state index is -0.509. The number of piperidine rings is 1. The highest BCUT2D eigenvalue weighted by Crippen LogP contribution is 2.52. The number of aliphatic hydroxyl groups excluding tert-OH is 1. The second kappa shape index (κ2) is 6.74. The van der Waals surface area contributed by atoms with E-state index in [0.717, 1.165) is 18.7 Å². The Kier molecular flexibility index (Phi) is 4.57. The van der Waals surface area contributed by atoms with Crippen molar-refractivity contribution in [3.05, 3.63) is 53.6 Å². The van der Waals surface area contributed by atoms with Crippen molar-refractivity contribution in [3.8, 4) is 0 Å². The second-order valence-electron chi connectivity index (χ2n) is 7.33. The van der Waals surface area contributed by atoms with Gasteiger partial charge in [-0.05, 0) is 37.1 Å². The number of benzene rings is 1. The van der Waals surface area contributed by atoms with Gasteiger partial charge in [0.2, 0.25) is 5.91 Å². The molecule has 1 aromatic heterocycles. The molecule has 2 heterocycles. The van der Waals surface area contributed by atoms with Gasteiger partial charge in [-0.25, -0.2) is 4.98 Å². The van der Waals surface area contributed by atoms with Crippen LogP contribution in [0.2, 0.25) is 0 Å². The maximum atomic E-state index is 12.3. The number of nitrogens with zero attached hydrogens (tertiary/aromatic N) is 3. The number of rotatable bonds is 3. The van der Waals surface area contributed by atoms with Gasteiger partial charge in [0.05, 0.1) is 17.9 Å². The summed E-state index contributed by atoms with van der Waals surface area (Å²) in [7, 11) is 0. The zero-order chi connectivity index (χ0) is 18.3. The van der Waals surface area contributed by atoms with E-state index in [1.807, 2.05) is 30.3 Å². The van der Waals surface area contributed by atoms with E-state index in [1.165, 1.54) is 11.1 Å². The SMILES string of the molecule is CSCC(=O)N1CCC2(CC1)c1ccccc1[C@@H](n1ccnc1C)[C@@H]2O. The first-order valence-electron chi connectivity index (χ1n) is 9.12. The molecule has 0 radical (unpaired) electrons. The van der Waals surface area contributed by atoms with Crippen molar-refractivity contribution in [1.29, 1.82) is 0 Å². The Hall–Kier alpha value is -1.79. The van der Waals surface area contributed by atoms with E-state index in [1.54, 1.807) is 18.0 Å². The molecule has 2 aromatic rings. The Labute approximate surface area is 158 Å². The number of imidazole rings is 1. The van der Waals surface area contributed by atoms with E-state index < -0.39 is 6.10 Å². The fraction of sp³-hybridized carbons (Fsp3) is 0.500. The first kappa shape index (κ1) is 17.6. The van der Waals surface area contributed by atoms with Crippen molar-refractivity contribution in [3.63, 3.8) is 0 Å². The zero-order valence-corrected chi connectivity index (χ0v) is 16.1. The molecule has 0 unspecified atom stereocenters. The predicted octanol–water partition coefficient (Wildman–Crippen LogP) is 2.38. The van der Waals surface area contributed by atoms with Crippen molar-refractivity contribution in [2.75, 3.05) is 25.1 Å². The molecule has 1 amide bonds. The number of carbonyl (C=O) groups is 1. The lowest BCUT2D eigenvalue weighted by molar-refractivity contribution is -0.130. The van der Waals surface area contributed by atoms with E-state index in [4.69, 9.17) is 0 Å². The van der Waals surface area contributed by atoms with Gasteiger partial charge in [0, 0.05) is 30.9 Å². The molecule has 4 rings (SSSR count). The fourth-order valence-corrected chi connectivity index (χ4v) is 5.19. The molecule has 0 saturated carbocycles. The average molecular weight is 372 g/mol. The Morgan fingerprint density at radius 2 is 2.08 bits per heavy atom. The van der Waals surface area contributed by atoms with Crippen LogP contribution in [0.25, 0.3) is 0 Å². The minimum absolute atomic E-state index is 0.109. The largest absolute Gasteiger partial charge is 0.390 e. The summed E-state index contributed by atoms with van der Waals surface area (Å²) in [5.41, 5.74) is 2.14. The van der Waals surface area contributed by atoms with E-state index in [-0.39, 0.29) is 17.4 Å². The van der Waals surface area contributed by atoms with Gasteiger partial charge in [-0.2, -0.15) is 11.8 Å². The zero-order valence-electron chi connectivity index (χ0n) is 15.3. The molecule has 1 aliphatic carbocycles. The third-order valence-corrected chi connectivity index (χ3v) is 6.65. The lowest BCUT2D eigenvalue weighted by Crippen LogP contribution is -2.50. The summed E-state index contributed by atoms with van der Waals surface area (Å²) >= 11 is 1.57. The number of hydrogen-bond donors (Lipinski definition) is 1. The Morgan fingerprint density at radius 1 is 1.35 bits per heavy atom. The highest BCUT2D eigenvalue weighted by molar-refractivity contribution is 7.99. The van der Waals surface area contributed by atoms with Crippen molar-refractivity contribution < 1.29 is 9.90 Å². The van der Waals surface area contributed by atoms with Gasteiger partial charge in [-0.1, -0.05) is 24.3 Å². The quantitative estimate of drug-likeness (QED) is 0.900. The van der Waals surface area contributed by atoms with Crippen molar-refractivity contribution in [2.45, 2.75) is 37.3 Å². The first-order valence-corrected chi connectivity index (χ1v) is 10.5. The lowest BCUT2D eigenvalue weighted by atomic mass is 9.72. The molecule has 26 heavy (non-hydrogen) atoms. The molecule has 2 atom stereocenters. The van der Waals surface area contributed by atoms with Gasteiger partial charge >= 0.3 is 0 Å². The predicted molar refractivity (Wildman–Crippen MR) is 103 cm³/mol. The molecule has 1 N–H and O–H groups in total. The highest BCUT2D eigenvalue weighted by Gasteiger charge is 2.53. The monoisotopic (exact) mass is 371 g/mol. The number of hydrogen-bond acceptors (Lipinski definition) is 4. The van der Waals surface area contributed by atoms with Crippen LogP contribution in [0.5, 0.6) is 0 Å². The standard InChI is InChI=1S/C20H25N3O2S/c1-14-21-9-12-23(14)18-15-5-3-4-6-16(15)20(19(18)25)7-10-22(11-8-20)17(24)13-26-2/h3-6,9,12,18-19,25H,7-8,10-11,13H2,1-2H3/t18-,19+/m1/s1. The molecule has 2 aliphatic rings. The number of likely N-dealkylation sites (tertiary alicyclic amines) is 1. The molecule has 1 spiro atoms. The lowest BCUT2D eigenvalue weighted by Gasteiger charge is -2.43. The fourth-order valence-electron chi connectivity index (χ4n) is 4.76. The maximum Gasteiger partial charge on any atom is 0.232 e. The summed E-state index contributed by atoms with van der Waals surface area (Å²) in [6, 6.07) is 8.28. The van der Waals surface area contributed by atoms with Crippen LogP contribution in [0.3, 0.4) is 0 Å². The number of carbonyl (C=O) groups excluding carboxylic acids is 1. The number of thioether (sulfide) groups is 1. The van der Waals surface area contributed by atoms with Crippen LogP contribution in [-0.2, 0) is 10.2 Å². The van der Waals surface area contributed by atoms with Crippen LogP contribution in [0.15, 0.2) is 36.7 Å². The number of aliphatic hydroxyl groups is 1. The van der Waals surface area contributed by atoms with Gasteiger partial charge in [0.25, 0.3) is 0 Å². The summed E-state index contributed by atoms with van der Waals surface area (Å²) in [6.45, 7) is 3.39. The van der Waals surface area contributed by atoms with E-state index in [0.29, 0.717) is 18.8 Å². The van der Waals surface area contributed by atoms with Gasteiger partial charge in [-0.3, -0.25) is 4.79 Å². The van der Waals surface area contributed by atoms with Gasteiger partial charge in [-0.15, -0.1) is 0 Å². The molecule has 5 nitrogen and oxygen atoms in total. The molecular weight excluding hydrogens is 346 g/mol. The van der Waals surface area contributed by atoms with E-state index >= 15 is 0 Å². The van der Waals surface area contributed by atoms with Crippen molar-refractivity contribution in [2.24, 2.45) is 0 Å². The van der Waals surface area contributed by atoms with Crippen molar-refractivity contribution in [1.82, 2.24) is 14.5 Å². The van der Waals surface area contributed by atoms with E-state index in [2.05, 4.69) is 27.8 Å². The number of fused-ring (bicyclic) bond motifs is 2. The Balaban J connectivity index is 1.68. The van der Waals surface area contributed by atoms with Crippen LogP contribution in [-0.4, -0.2) is 56.7 Å². The third-order valence-electron chi connectivity index (χ3n) is 6.12. The average Bonchev–Trinajstić information content (AvgIpc) is 3.17. The van der Waals surface area contributed by atoms with Crippen LogP contribution in [0.4, 0.5) is 0 Å². The molecule has 1 aliphatic heterocycles. The minimum Gasteiger partial charge on any atom is -0.390 e. The normalized spacial score (nSPS) is 24.0. The summed E-state index contributed by atoms with van der Waals surface area (Å²) in [4.78, 5) is 18.6. The van der Waals surface area contributed by atoms with Crippen LogP contribution in [0, 0.1) is 6.92 Å². The number of aryl methyl sites for hydroxylation is 1. The Morgan fingerprint density at radius 3 is 2.73 bits per heavy atom. The van der Waals surface area contributed by atoms with Crippen LogP contribution < -0.4 is 0 Å². The first-order chi connectivity index (χ1) is 12.6. The van der Waals surface area contributed by atoms with Crippen LogP contribution in [0.1, 0.15) is 35.8 Å². The molecule has 1 aromatic carbocycles. The molecule has 0 bridgehead atoms. The van der Waals surface area contributed by atoms with Gasteiger partial charge < -0.3 is 14.6 Å². The number of aromatic nitrogens is 2. The molecule has 1 saturated heterocycles. The highest BCUT2D eigenvalue weighted by atomic mass is 32.2.